The Balaban J connectivity index is 1.73. The first-order valence-electron chi connectivity index (χ1n) is 8.10. The summed E-state index contributed by atoms with van der Waals surface area (Å²) in [5, 5.41) is 8.30. The Morgan fingerprint density at radius 2 is 2.09 bits per heavy atom. The zero-order chi connectivity index (χ0) is 15.5. The van der Waals surface area contributed by atoms with Crippen LogP contribution in [0.25, 0.3) is 22.2 Å². The molecule has 1 aliphatic rings. The fourth-order valence-corrected chi connectivity index (χ4v) is 3.20. The predicted molar refractivity (Wildman–Crippen MR) is 91.3 cm³/mol. The van der Waals surface area contributed by atoms with E-state index in [-0.39, 0.29) is 0 Å². The fourth-order valence-electron chi connectivity index (χ4n) is 3.20. The van der Waals surface area contributed by atoms with Gasteiger partial charge in [0.2, 0.25) is 0 Å². The van der Waals surface area contributed by atoms with Gasteiger partial charge in [-0.05, 0) is 25.5 Å². The number of pyridine rings is 1. The van der Waals surface area contributed by atoms with Crippen molar-refractivity contribution in [1.29, 1.82) is 0 Å². The molecule has 4 rings (SSSR count). The van der Waals surface area contributed by atoms with Crippen molar-refractivity contribution < 1.29 is 0 Å². The summed E-state index contributed by atoms with van der Waals surface area (Å²) in [6, 6.07) is 2.49. The van der Waals surface area contributed by atoms with Gasteiger partial charge in [0.15, 0.2) is 0 Å². The van der Waals surface area contributed by atoms with E-state index in [1.165, 1.54) is 19.3 Å². The second-order valence-electron chi connectivity index (χ2n) is 5.95. The second-order valence-corrected chi connectivity index (χ2v) is 5.95. The molecule has 1 fully saturated rings. The lowest BCUT2D eigenvalue weighted by atomic mass is 10.1. The van der Waals surface area contributed by atoms with Crippen LogP contribution in [0, 0.1) is 0 Å². The smallest absolute Gasteiger partial charge is 0.139 e. The third kappa shape index (κ3) is 2.90. The van der Waals surface area contributed by atoms with Crippen LogP contribution < -0.4 is 10.6 Å². The molecule has 6 heteroatoms. The van der Waals surface area contributed by atoms with Crippen LogP contribution in [0.5, 0.6) is 0 Å². The topological polar surface area (TPSA) is 78.5 Å². The molecule has 4 heterocycles. The van der Waals surface area contributed by atoms with E-state index in [0.717, 1.165) is 40.9 Å². The van der Waals surface area contributed by atoms with Gasteiger partial charge in [0, 0.05) is 59.6 Å². The van der Waals surface area contributed by atoms with Crippen LogP contribution in [0.4, 0.5) is 5.69 Å². The zero-order valence-corrected chi connectivity index (χ0v) is 12.9. The largest absolute Gasteiger partial charge is 0.380 e. The van der Waals surface area contributed by atoms with Gasteiger partial charge in [-0.25, -0.2) is 15.0 Å². The van der Waals surface area contributed by atoms with Crippen molar-refractivity contribution in [1.82, 2.24) is 25.3 Å². The number of rotatable bonds is 3. The van der Waals surface area contributed by atoms with Crippen molar-refractivity contribution in [3.63, 3.8) is 0 Å². The molecule has 0 spiro atoms. The van der Waals surface area contributed by atoms with Gasteiger partial charge in [-0.3, -0.25) is 0 Å². The van der Waals surface area contributed by atoms with Gasteiger partial charge in [0.1, 0.15) is 12.0 Å². The van der Waals surface area contributed by atoms with E-state index in [1.807, 2.05) is 30.9 Å². The van der Waals surface area contributed by atoms with E-state index in [4.69, 9.17) is 0 Å². The maximum atomic E-state index is 4.45. The Morgan fingerprint density at radius 1 is 1.17 bits per heavy atom. The highest BCUT2D eigenvalue weighted by Crippen LogP contribution is 2.32. The standard InChI is InChI=1S/C17H20N6/c1-2-5-18-9-13(3-1)23-15-4-6-21-17-16(15)14(10-22-17)12-7-19-11-20-8-12/h4,6-8,10-11,13,18H,1-3,5,9H2,(H2,21,22,23). The lowest BCUT2D eigenvalue weighted by molar-refractivity contribution is 0.636. The van der Waals surface area contributed by atoms with Crippen LogP contribution in [0.2, 0.25) is 0 Å². The minimum absolute atomic E-state index is 0.442. The maximum Gasteiger partial charge on any atom is 0.139 e. The van der Waals surface area contributed by atoms with Gasteiger partial charge >= 0.3 is 0 Å². The molecule has 1 aliphatic heterocycles. The number of fused-ring (bicyclic) bond motifs is 1. The van der Waals surface area contributed by atoms with Crippen LogP contribution in [0.15, 0.2) is 37.2 Å². The van der Waals surface area contributed by atoms with Crippen LogP contribution in [0.1, 0.15) is 19.3 Å². The van der Waals surface area contributed by atoms with Crippen molar-refractivity contribution in [3.8, 4) is 11.1 Å². The van der Waals surface area contributed by atoms with Crippen LogP contribution in [-0.4, -0.2) is 39.1 Å². The van der Waals surface area contributed by atoms with Crippen molar-refractivity contribution >= 4 is 16.7 Å². The van der Waals surface area contributed by atoms with E-state index in [0.29, 0.717) is 6.04 Å². The fraction of sp³-hybridized carbons (Fsp3) is 0.353. The molecule has 0 radical (unpaired) electrons. The number of anilines is 1. The second kappa shape index (κ2) is 6.34. The number of nitrogens with zero attached hydrogens (tertiary/aromatic N) is 3. The van der Waals surface area contributed by atoms with E-state index in [1.54, 1.807) is 6.33 Å². The summed E-state index contributed by atoms with van der Waals surface area (Å²) in [6.07, 6.45) is 12.7. The van der Waals surface area contributed by atoms with Crippen LogP contribution in [-0.2, 0) is 0 Å². The first-order valence-corrected chi connectivity index (χ1v) is 8.10. The van der Waals surface area contributed by atoms with Gasteiger partial charge in [-0.1, -0.05) is 6.42 Å². The van der Waals surface area contributed by atoms with Crippen LogP contribution in [0.3, 0.4) is 0 Å². The summed E-state index contributed by atoms with van der Waals surface area (Å²) in [4.78, 5) is 16.0. The molecule has 3 N–H and O–H groups in total. The molecule has 0 amide bonds. The zero-order valence-electron chi connectivity index (χ0n) is 12.9. The third-order valence-corrected chi connectivity index (χ3v) is 4.35. The molecule has 1 saturated heterocycles. The summed E-state index contributed by atoms with van der Waals surface area (Å²) in [7, 11) is 0. The number of H-pyrrole nitrogens is 1. The Bertz CT molecular complexity index is 774. The summed E-state index contributed by atoms with van der Waals surface area (Å²) >= 11 is 0. The highest BCUT2D eigenvalue weighted by molar-refractivity contribution is 6.02. The third-order valence-electron chi connectivity index (χ3n) is 4.35. The average Bonchev–Trinajstić information content (AvgIpc) is 2.87. The lowest BCUT2D eigenvalue weighted by Gasteiger charge is -2.18. The lowest BCUT2D eigenvalue weighted by Crippen LogP contribution is -2.30. The van der Waals surface area contributed by atoms with Gasteiger partial charge < -0.3 is 15.6 Å². The van der Waals surface area contributed by atoms with Crippen LogP contribution >= 0.6 is 0 Å². The maximum absolute atomic E-state index is 4.45. The summed E-state index contributed by atoms with van der Waals surface area (Å²) in [5.74, 6) is 0. The molecule has 3 aromatic heterocycles. The van der Waals surface area contributed by atoms with E-state index < -0.39 is 0 Å². The normalized spacial score (nSPS) is 18.7. The van der Waals surface area contributed by atoms with Gasteiger partial charge in [0.05, 0.1) is 0 Å². The van der Waals surface area contributed by atoms with Crippen molar-refractivity contribution in [2.24, 2.45) is 0 Å². The Morgan fingerprint density at radius 3 is 3.00 bits per heavy atom. The van der Waals surface area contributed by atoms with Gasteiger partial charge in [-0.2, -0.15) is 0 Å². The van der Waals surface area contributed by atoms with Crippen molar-refractivity contribution in [2.45, 2.75) is 25.3 Å². The van der Waals surface area contributed by atoms with E-state index >= 15 is 0 Å². The molecule has 6 nitrogen and oxygen atoms in total. The van der Waals surface area contributed by atoms with Crippen molar-refractivity contribution in [3.05, 3.63) is 37.2 Å². The summed E-state index contributed by atoms with van der Waals surface area (Å²) in [6.45, 7) is 2.11. The molecule has 0 aliphatic carbocycles. The summed E-state index contributed by atoms with van der Waals surface area (Å²) < 4.78 is 0. The number of aromatic amines is 1. The molecule has 1 unspecified atom stereocenters. The molecule has 0 saturated carbocycles. The Labute approximate surface area is 134 Å². The Hall–Kier alpha value is -2.47. The molecular weight excluding hydrogens is 288 g/mol. The number of aromatic nitrogens is 4. The number of hydrogen-bond acceptors (Lipinski definition) is 5. The molecular formula is C17H20N6. The summed E-state index contributed by atoms with van der Waals surface area (Å²) in [5.41, 5.74) is 4.07. The number of hydrogen-bond donors (Lipinski definition) is 3. The molecule has 0 aromatic carbocycles. The van der Waals surface area contributed by atoms with Gasteiger partial charge in [-0.15, -0.1) is 0 Å². The SMILES string of the molecule is c1ncc(-c2c[nH]c3nccc(NC4CCCCNC4)c23)cn1. The Kier molecular flexibility index (Phi) is 3.90. The number of nitrogens with one attached hydrogen (secondary N) is 3. The first-order chi connectivity index (χ1) is 11.4. The van der Waals surface area contributed by atoms with E-state index in [9.17, 15) is 0 Å². The minimum Gasteiger partial charge on any atom is -0.380 e. The highest BCUT2D eigenvalue weighted by atomic mass is 15.0. The molecule has 0 bridgehead atoms. The highest BCUT2D eigenvalue weighted by Gasteiger charge is 2.16. The van der Waals surface area contributed by atoms with E-state index in [2.05, 4.69) is 30.6 Å². The molecule has 1 atom stereocenters. The first kappa shape index (κ1) is 14.1. The quantitative estimate of drug-likeness (QED) is 0.693. The molecule has 118 valence electrons. The van der Waals surface area contributed by atoms with Crippen molar-refractivity contribution in [2.75, 3.05) is 18.4 Å². The van der Waals surface area contributed by atoms with Gasteiger partial charge in [0.25, 0.3) is 0 Å². The monoisotopic (exact) mass is 308 g/mol. The average molecular weight is 308 g/mol. The minimum atomic E-state index is 0.442. The predicted octanol–water partition coefficient (Wildman–Crippen LogP) is 2.57. The molecule has 3 aromatic rings. The molecule has 23 heavy (non-hydrogen) atoms.